The first kappa shape index (κ1) is 13.9. The number of aromatic nitrogens is 2. The molecule has 1 atom stereocenters. The van der Waals surface area contributed by atoms with E-state index >= 15 is 0 Å². The van der Waals surface area contributed by atoms with Crippen molar-refractivity contribution < 1.29 is 14.0 Å². The fourth-order valence-corrected chi connectivity index (χ4v) is 2.31. The molecule has 1 aromatic carbocycles. The van der Waals surface area contributed by atoms with Crippen molar-refractivity contribution in [1.29, 1.82) is 0 Å². The molecule has 1 aromatic heterocycles. The molecule has 6 heteroatoms. The topological polar surface area (TPSA) is 83.4 Å². The predicted octanol–water partition coefficient (Wildman–Crippen LogP) is 2.82. The number of benzene rings is 1. The molecule has 1 heterocycles. The molecule has 1 aliphatic carbocycles. The highest BCUT2D eigenvalue weighted by atomic mass is 16.5. The molecule has 0 saturated heterocycles. The third-order valence-electron chi connectivity index (χ3n) is 3.58. The third kappa shape index (κ3) is 2.85. The highest BCUT2D eigenvalue weighted by Gasteiger charge is 2.36. The van der Waals surface area contributed by atoms with Gasteiger partial charge in [-0.3, -0.25) is 0 Å². The molecular weight excluding hydrogens is 270 g/mol. The second kappa shape index (κ2) is 5.73. The Morgan fingerprint density at radius 3 is 2.90 bits per heavy atom. The Kier molecular flexibility index (Phi) is 3.79. The van der Waals surface area contributed by atoms with E-state index in [0.717, 1.165) is 12.8 Å². The molecule has 0 aliphatic heterocycles. The van der Waals surface area contributed by atoms with Crippen LogP contribution in [0.3, 0.4) is 0 Å². The Labute approximate surface area is 123 Å². The Morgan fingerprint density at radius 1 is 1.43 bits per heavy atom. The summed E-state index contributed by atoms with van der Waals surface area (Å²) in [7, 11) is 1.60. The van der Waals surface area contributed by atoms with Crippen LogP contribution in [0.5, 0.6) is 5.75 Å². The van der Waals surface area contributed by atoms with E-state index in [-0.39, 0.29) is 6.10 Å². The number of ether oxygens (including phenoxy) is 2. The lowest BCUT2D eigenvalue weighted by atomic mass is 10.1. The van der Waals surface area contributed by atoms with E-state index in [1.807, 2.05) is 6.92 Å². The van der Waals surface area contributed by atoms with Crippen LogP contribution in [0, 0.1) is 5.92 Å². The molecule has 6 nitrogen and oxygen atoms in total. The van der Waals surface area contributed by atoms with Gasteiger partial charge in [-0.1, -0.05) is 5.16 Å². The zero-order valence-corrected chi connectivity index (χ0v) is 12.2. The van der Waals surface area contributed by atoms with Crippen molar-refractivity contribution in [3.8, 4) is 17.2 Å². The summed E-state index contributed by atoms with van der Waals surface area (Å²) >= 11 is 0. The van der Waals surface area contributed by atoms with Crippen molar-refractivity contribution >= 4 is 5.69 Å². The number of anilines is 1. The summed E-state index contributed by atoms with van der Waals surface area (Å²) < 4.78 is 16.3. The lowest BCUT2D eigenvalue weighted by molar-refractivity contribution is 0.0385. The van der Waals surface area contributed by atoms with Crippen LogP contribution in [0.2, 0.25) is 0 Å². The van der Waals surface area contributed by atoms with E-state index in [2.05, 4.69) is 10.1 Å². The molecule has 2 aromatic rings. The van der Waals surface area contributed by atoms with E-state index in [4.69, 9.17) is 19.7 Å². The minimum absolute atomic E-state index is 0.0840. The summed E-state index contributed by atoms with van der Waals surface area (Å²) in [6.07, 6.45) is 2.21. The molecule has 0 amide bonds. The molecule has 21 heavy (non-hydrogen) atoms. The average molecular weight is 289 g/mol. The first-order chi connectivity index (χ1) is 10.2. The van der Waals surface area contributed by atoms with Crippen LogP contribution < -0.4 is 10.5 Å². The van der Waals surface area contributed by atoms with E-state index in [1.54, 1.807) is 25.3 Å². The third-order valence-corrected chi connectivity index (χ3v) is 3.58. The molecule has 1 aliphatic rings. The van der Waals surface area contributed by atoms with Gasteiger partial charge in [-0.15, -0.1) is 0 Å². The van der Waals surface area contributed by atoms with Gasteiger partial charge in [-0.2, -0.15) is 4.98 Å². The van der Waals surface area contributed by atoms with Crippen LogP contribution >= 0.6 is 0 Å². The van der Waals surface area contributed by atoms with Gasteiger partial charge in [0.25, 0.3) is 5.89 Å². The second-order valence-corrected chi connectivity index (χ2v) is 5.12. The van der Waals surface area contributed by atoms with Gasteiger partial charge in [0, 0.05) is 12.3 Å². The zero-order chi connectivity index (χ0) is 14.8. The van der Waals surface area contributed by atoms with E-state index < -0.39 is 0 Å². The van der Waals surface area contributed by atoms with Crippen molar-refractivity contribution in [2.75, 3.05) is 19.5 Å². The molecule has 1 fully saturated rings. The predicted molar refractivity (Wildman–Crippen MR) is 77.8 cm³/mol. The normalized spacial score (nSPS) is 15.9. The van der Waals surface area contributed by atoms with Crippen molar-refractivity contribution in [1.82, 2.24) is 10.1 Å². The van der Waals surface area contributed by atoms with Crippen molar-refractivity contribution in [2.45, 2.75) is 25.9 Å². The van der Waals surface area contributed by atoms with Crippen LogP contribution in [-0.2, 0) is 4.74 Å². The molecule has 1 saturated carbocycles. The van der Waals surface area contributed by atoms with Crippen LogP contribution in [0.15, 0.2) is 22.7 Å². The number of nitrogens with zero attached hydrogens (tertiary/aromatic N) is 2. The SMILES string of the molecule is CCOC(c1noc(-c2cc(OC)ccc2N)n1)C1CC1. The van der Waals surface area contributed by atoms with Gasteiger partial charge in [0.2, 0.25) is 5.82 Å². The minimum Gasteiger partial charge on any atom is -0.497 e. The first-order valence-electron chi connectivity index (χ1n) is 7.12. The standard InChI is InChI=1S/C15H19N3O3/c1-3-20-13(9-4-5-9)14-17-15(21-18-14)11-8-10(19-2)6-7-12(11)16/h6-9,13H,3-5,16H2,1-2H3. The highest BCUT2D eigenvalue weighted by molar-refractivity contribution is 5.72. The molecule has 3 rings (SSSR count). The van der Waals surface area contributed by atoms with Gasteiger partial charge in [0.15, 0.2) is 0 Å². The summed E-state index contributed by atoms with van der Waals surface area (Å²) in [6, 6.07) is 5.35. The number of nitrogens with two attached hydrogens (primary N) is 1. The maximum atomic E-state index is 5.98. The second-order valence-electron chi connectivity index (χ2n) is 5.12. The van der Waals surface area contributed by atoms with E-state index in [9.17, 15) is 0 Å². The average Bonchev–Trinajstić information content (AvgIpc) is 3.22. The molecular formula is C15H19N3O3. The molecule has 1 unspecified atom stereocenters. The lowest BCUT2D eigenvalue weighted by Gasteiger charge is -2.11. The van der Waals surface area contributed by atoms with Crippen molar-refractivity contribution in [3.63, 3.8) is 0 Å². The van der Waals surface area contributed by atoms with Crippen LogP contribution in [0.25, 0.3) is 11.5 Å². The maximum Gasteiger partial charge on any atom is 0.260 e. The Balaban J connectivity index is 1.90. The number of hydrogen-bond donors (Lipinski definition) is 1. The molecule has 2 N–H and O–H groups in total. The molecule has 112 valence electrons. The van der Waals surface area contributed by atoms with Gasteiger partial charge in [0.05, 0.1) is 12.7 Å². The fraction of sp³-hybridized carbons (Fsp3) is 0.467. The summed E-state index contributed by atoms with van der Waals surface area (Å²) in [5, 5.41) is 4.06. The Hall–Kier alpha value is -2.08. The van der Waals surface area contributed by atoms with Gasteiger partial charge >= 0.3 is 0 Å². The smallest absolute Gasteiger partial charge is 0.260 e. The summed E-state index contributed by atoms with van der Waals surface area (Å²) in [5.74, 6) is 2.18. The molecule has 0 radical (unpaired) electrons. The van der Waals surface area contributed by atoms with Gasteiger partial charge in [-0.25, -0.2) is 0 Å². The highest BCUT2D eigenvalue weighted by Crippen LogP contribution is 2.42. The first-order valence-corrected chi connectivity index (χ1v) is 7.12. The van der Waals surface area contributed by atoms with Crippen molar-refractivity contribution in [2.24, 2.45) is 5.92 Å². The summed E-state index contributed by atoms with van der Waals surface area (Å²) in [4.78, 5) is 4.46. The fourth-order valence-electron chi connectivity index (χ4n) is 2.31. The van der Waals surface area contributed by atoms with E-state index in [0.29, 0.717) is 41.2 Å². The maximum absolute atomic E-state index is 5.98. The lowest BCUT2D eigenvalue weighted by Crippen LogP contribution is -2.08. The number of hydrogen-bond acceptors (Lipinski definition) is 6. The number of rotatable bonds is 6. The van der Waals surface area contributed by atoms with Crippen molar-refractivity contribution in [3.05, 3.63) is 24.0 Å². The zero-order valence-electron chi connectivity index (χ0n) is 12.2. The summed E-state index contributed by atoms with van der Waals surface area (Å²) in [5.41, 5.74) is 7.23. The Morgan fingerprint density at radius 2 is 2.24 bits per heavy atom. The van der Waals surface area contributed by atoms with Gasteiger partial charge < -0.3 is 19.7 Å². The number of methoxy groups -OCH3 is 1. The quantitative estimate of drug-likeness (QED) is 0.823. The largest absolute Gasteiger partial charge is 0.497 e. The van der Waals surface area contributed by atoms with E-state index in [1.165, 1.54) is 0 Å². The van der Waals surface area contributed by atoms with Gasteiger partial charge in [-0.05, 0) is 43.9 Å². The Bertz CT molecular complexity index is 622. The number of nitrogen functional groups attached to an aromatic ring is 1. The van der Waals surface area contributed by atoms with Crippen LogP contribution in [0.1, 0.15) is 31.7 Å². The minimum atomic E-state index is -0.0840. The monoisotopic (exact) mass is 289 g/mol. The molecule has 0 spiro atoms. The van der Waals surface area contributed by atoms with Gasteiger partial charge in [0.1, 0.15) is 11.9 Å². The van der Waals surface area contributed by atoms with Crippen LogP contribution in [0.4, 0.5) is 5.69 Å². The van der Waals surface area contributed by atoms with Crippen LogP contribution in [-0.4, -0.2) is 23.9 Å². The summed E-state index contributed by atoms with van der Waals surface area (Å²) in [6.45, 7) is 2.60. The molecule has 0 bridgehead atoms.